The van der Waals surface area contributed by atoms with Gasteiger partial charge in [0.25, 0.3) is 0 Å². The van der Waals surface area contributed by atoms with Crippen molar-refractivity contribution in [1.29, 1.82) is 0 Å². The summed E-state index contributed by atoms with van der Waals surface area (Å²) >= 11 is 0. The molecule has 6 heteroatoms. The zero-order chi connectivity index (χ0) is 14.2. The van der Waals surface area contributed by atoms with Gasteiger partial charge in [-0.05, 0) is 19.9 Å². The minimum atomic E-state index is -0.768. The molecule has 0 bridgehead atoms. The molecule has 0 N–H and O–H groups in total. The van der Waals surface area contributed by atoms with Crippen molar-refractivity contribution in [1.82, 2.24) is 0 Å². The molecule has 6 nitrogen and oxygen atoms in total. The summed E-state index contributed by atoms with van der Waals surface area (Å²) in [6.07, 6.45) is 0.607. The molecule has 106 valence electrons. The minimum absolute atomic E-state index is 0.271. The Morgan fingerprint density at radius 3 is 2.63 bits per heavy atom. The molecule has 1 saturated heterocycles. The van der Waals surface area contributed by atoms with Crippen molar-refractivity contribution < 1.29 is 28.5 Å². The maximum Gasteiger partial charge on any atom is 0.333 e. The van der Waals surface area contributed by atoms with Crippen LogP contribution in [-0.4, -0.2) is 43.1 Å². The first-order valence-corrected chi connectivity index (χ1v) is 6.14. The van der Waals surface area contributed by atoms with Gasteiger partial charge in [0.15, 0.2) is 5.79 Å². The van der Waals surface area contributed by atoms with Gasteiger partial charge < -0.3 is 18.9 Å². The molecule has 3 atom stereocenters. The Kier molecular flexibility index (Phi) is 3.64. The van der Waals surface area contributed by atoms with Crippen LogP contribution in [-0.2, 0) is 28.5 Å². The van der Waals surface area contributed by atoms with Crippen LogP contribution in [0.2, 0.25) is 0 Å². The standard InChI is InChI=1S/C13H18O6/c1-7(14)17-9-5-8(12(15)16-4)6-10-11(9)19-13(2,3)18-10/h6,9-11H,5H2,1-4H3/t9-,10-,11+/m1/s1. The highest BCUT2D eigenvalue weighted by Crippen LogP contribution is 2.37. The molecule has 0 spiro atoms. The van der Waals surface area contributed by atoms with Gasteiger partial charge in [-0.1, -0.05) is 0 Å². The number of ether oxygens (including phenoxy) is 4. The van der Waals surface area contributed by atoms with Gasteiger partial charge >= 0.3 is 11.9 Å². The van der Waals surface area contributed by atoms with Crippen molar-refractivity contribution in [2.75, 3.05) is 7.11 Å². The predicted octanol–water partition coefficient (Wildman–Crippen LogP) is 0.941. The number of esters is 2. The van der Waals surface area contributed by atoms with Crippen molar-refractivity contribution in [3.05, 3.63) is 11.6 Å². The molecule has 0 unspecified atom stereocenters. The number of carbonyl (C=O) groups excluding carboxylic acids is 2. The third-order valence-electron chi connectivity index (χ3n) is 3.08. The lowest BCUT2D eigenvalue weighted by Gasteiger charge is -2.29. The summed E-state index contributed by atoms with van der Waals surface area (Å²) in [5.41, 5.74) is 0.441. The van der Waals surface area contributed by atoms with Crippen molar-refractivity contribution in [3.8, 4) is 0 Å². The summed E-state index contributed by atoms with van der Waals surface area (Å²) in [4.78, 5) is 22.8. The van der Waals surface area contributed by atoms with Gasteiger partial charge in [-0.25, -0.2) is 4.79 Å². The van der Waals surface area contributed by atoms with E-state index < -0.39 is 36.0 Å². The first kappa shape index (κ1) is 14.0. The van der Waals surface area contributed by atoms with E-state index in [4.69, 9.17) is 18.9 Å². The molecule has 0 saturated carbocycles. The van der Waals surface area contributed by atoms with Crippen LogP contribution in [0.1, 0.15) is 27.2 Å². The number of hydrogen-bond donors (Lipinski definition) is 0. The Balaban J connectivity index is 2.24. The predicted molar refractivity (Wildman–Crippen MR) is 64.1 cm³/mol. The zero-order valence-corrected chi connectivity index (χ0v) is 11.5. The fourth-order valence-corrected chi connectivity index (χ4v) is 2.44. The van der Waals surface area contributed by atoms with E-state index in [0.717, 1.165) is 0 Å². The van der Waals surface area contributed by atoms with E-state index in [2.05, 4.69) is 0 Å². The number of methoxy groups -OCH3 is 1. The van der Waals surface area contributed by atoms with E-state index in [0.29, 0.717) is 5.57 Å². The van der Waals surface area contributed by atoms with Gasteiger partial charge in [-0.2, -0.15) is 0 Å². The summed E-state index contributed by atoms with van der Waals surface area (Å²) in [5, 5.41) is 0. The van der Waals surface area contributed by atoms with Crippen LogP contribution in [0.5, 0.6) is 0 Å². The molecular formula is C13H18O6. The van der Waals surface area contributed by atoms with Gasteiger partial charge in [0, 0.05) is 18.9 Å². The van der Waals surface area contributed by atoms with Crippen LogP contribution in [0.15, 0.2) is 11.6 Å². The largest absolute Gasteiger partial charge is 0.466 e. The Bertz CT molecular complexity index is 425. The SMILES string of the molecule is COC(=O)C1=C[C@H]2OC(C)(C)O[C@H]2[C@H](OC(C)=O)C1. The molecule has 1 aliphatic heterocycles. The Morgan fingerprint density at radius 1 is 1.37 bits per heavy atom. The van der Waals surface area contributed by atoms with Gasteiger partial charge in [-0.15, -0.1) is 0 Å². The molecule has 0 aromatic rings. The maximum atomic E-state index is 11.6. The Morgan fingerprint density at radius 2 is 2.05 bits per heavy atom. The molecule has 1 aliphatic carbocycles. The quantitative estimate of drug-likeness (QED) is 0.695. The third-order valence-corrected chi connectivity index (χ3v) is 3.08. The van der Waals surface area contributed by atoms with Gasteiger partial charge in [0.2, 0.25) is 0 Å². The average molecular weight is 270 g/mol. The lowest BCUT2D eigenvalue weighted by molar-refractivity contribution is -0.169. The Hall–Kier alpha value is -1.40. The van der Waals surface area contributed by atoms with Gasteiger partial charge in [0.05, 0.1) is 7.11 Å². The number of fused-ring (bicyclic) bond motifs is 1. The van der Waals surface area contributed by atoms with E-state index in [9.17, 15) is 9.59 Å². The summed E-state index contributed by atoms with van der Waals surface area (Å²) < 4.78 is 21.4. The van der Waals surface area contributed by atoms with E-state index in [-0.39, 0.29) is 6.42 Å². The lowest BCUT2D eigenvalue weighted by Crippen LogP contribution is -2.42. The molecular weight excluding hydrogens is 252 g/mol. The molecule has 1 heterocycles. The molecule has 1 fully saturated rings. The molecule has 2 rings (SSSR count). The first-order valence-electron chi connectivity index (χ1n) is 6.14. The van der Waals surface area contributed by atoms with Crippen LogP contribution in [0.3, 0.4) is 0 Å². The maximum absolute atomic E-state index is 11.6. The topological polar surface area (TPSA) is 71.1 Å². The van der Waals surface area contributed by atoms with Crippen molar-refractivity contribution in [2.45, 2.75) is 51.3 Å². The number of rotatable bonds is 2. The molecule has 2 aliphatic rings. The summed E-state index contributed by atoms with van der Waals surface area (Å²) in [7, 11) is 1.31. The Labute approximate surface area is 111 Å². The summed E-state index contributed by atoms with van der Waals surface area (Å²) in [6.45, 7) is 4.88. The highest BCUT2D eigenvalue weighted by Gasteiger charge is 2.48. The van der Waals surface area contributed by atoms with Gasteiger partial charge in [0.1, 0.15) is 18.3 Å². The van der Waals surface area contributed by atoms with Crippen LogP contribution >= 0.6 is 0 Å². The number of carbonyl (C=O) groups is 2. The lowest BCUT2D eigenvalue weighted by atomic mass is 9.92. The smallest absolute Gasteiger partial charge is 0.333 e. The molecule has 0 aromatic heterocycles. The van der Waals surface area contributed by atoms with E-state index in [1.807, 2.05) is 0 Å². The second-order valence-electron chi connectivity index (χ2n) is 5.10. The summed E-state index contributed by atoms with van der Waals surface area (Å²) in [6, 6.07) is 0. The number of hydrogen-bond acceptors (Lipinski definition) is 6. The first-order chi connectivity index (χ1) is 8.82. The highest BCUT2D eigenvalue weighted by molar-refractivity contribution is 5.89. The van der Waals surface area contributed by atoms with E-state index in [1.165, 1.54) is 14.0 Å². The van der Waals surface area contributed by atoms with Crippen molar-refractivity contribution in [3.63, 3.8) is 0 Å². The van der Waals surface area contributed by atoms with Gasteiger partial charge in [-0.3, -0.25) is 4.79 Å². The molecule has 19 heavy (non-hydrogen) atoms. The average Bonchev–Trinajstić information content (AvgIpc) is 2.61. The third kappa shape index (κ3) is 2.96. The van der Waals surface area contributed by atoms with Crippen molar-refractivity contribution in [2.24, 2.45) is 0 Å². The fraction of sp³-hybridized carbons (Fsp3) is 0.692. The fourth-order valence-electron chi connectivity index (χ4n) is 2.44. The molecule has 0 radical (unpaired) electrons. The second-order valence-corrected chi connectivity index (χ2v) is 5.10. The van der Waals surface area contributed by atoms with Crippen LogP contribution in [0.25, 0.3) is 0 Å². The molecule has 0 amide bonds. The van der Waals surface area contributed by atoms with Crippen LogP contribution in [0, 0.1) is 0 Å². The minimum Gasteiger partial charge on any atom is -0.466 e. The van der Waals surface area contributed by atoms with Crippen LogP contribution < -0.4 is 0 Å². The summed E-state index contributed by atoms with van der Waals surface area (Å²) in [5.74, 6) is -1.62. The second kappa shape index (κ2) is 4.94. The normalized spacial score (nSPS) is 32.2. The van der Waals surface area contributed by atoms with Crippen LogP contribution in [0.4, 0.5) is 0 Å². The van der Waals surface area contributed by atoms with E-state index >= 15 is 0 Å². The van der Waals surface area contributed by atoms with E-state index in [1.54, 1.807) is 19.9 Å². The molecule has 0 aromatic carbocycles. The highest BCUT2D eigenvalue weighted by atomic mass is 16.8. The zero-order valence-electron chi connectivity index (χ0n) is 11.5. The van der Waals surface area contributed by atoms with Crippen molar-refractivity contribution >= 4 is 11.9 Å². The monoisotopic (exact) mass is 270 g/mol.